The summed E-state index contributed by atoms with van der Waals surface area (Å²) in [7, 11) is 0. The van der Waals surface area contributed by atoms with Crippen LogP contribution in [0.1, 0.15) is 27.6 Å². The molecule has 0 unspecified atom stereocenters. The predicted octanol–water partition coefficient (Wildman–Crippen LogP) is -0.246. The summed E-state index contributed by atoms with van der Waals surface area (Å²) < 4.78 is 0. The third-order valence-electron chi connectivity index (χ3n) is 0.737. The molecular weight excluding hydrogens is 179 g/mol. The Morgan fingerprint density at radius 2 is 1.82 bits per heavy atom. The van der Waals surface area contributed by atoms with Crippen LogP contribution >= 0.6 is 11.6 Å². The van der Waals surface area contributed by atoms with Crippen LogP contribution < -0.4 is 29.6 Å². The van der Waals surface area contributed by atoms with Crippen LogP contribution in [0.4, 0.5) is 4.79 Å². The van der Waals surface area contributed by atoms with Gasteiger partial charge in [-0.1, -0.05) is 19.8 Å². The second kappa shape index (κ2) is 16.9. The minimum absolute atomic E-state index is 0. The summed E-state index contributed by atoms with van der Waals surface area (Å²) in [6.45, 7) is 2.17. The smallest absolute Gasteiger partial charge is 1.00 e. The van der Waals surface area contributed by atoms with Gasteiger partial charge >= 0.3 is 35.7 Å². The van der Waals surface area contributed by atoms with Crippen molar-refractivity contribution in [2.75, 3.05) is 5.88 Å². The Bertz CT molecular complexity index is 77.2. The van der Waals surface area contributed by atoms with Crippen molar-refractivity contribution in [3.63, 3.8) is 0 Å². The van der Waals surface area contributed by atoms with E-state index in [2.05, 4.69) is 6.92 Å². The van der Waals surface area contributed by atoms with Gasteiger partial charge in [0, 0.05) is 5.88 Å². The maximum atomic E-state index is 8.56. The van der Waals surface area contributed by atoms with E-state index in [1.807, 2.05) is 0 Å². The first-order chi connectivity index (χ1) is 4.65. The van der Waals surface area contributed by atoms with Crippen LogP contribution in [0.25, 0.3) is 0 Å². The minimum atomic E-state index is -1.83. The number of hydrogen-bond acceptors (Lipinski definition) is 1. The van der Waals surface area contributed by atoms with E-state index in [9.17, 15) is 0 Å². The van der Waals surface area contributed by atoms with Gasteiger partial charge in [0.05, 0.1) is 0 Å². The topological polar surface area (TPSA) is 57.5 Å². The molecule has 0 aromatic carbocycles. The van der Waals surface area contributed by atoms with Crippen molar-refractivity contribution in [1.82, 2.24) is 0 Å². The van der Waals surface area contributed by atoms with Crippen molar-refractivity contribution in [2.24, 2.45) is 0 Å². The van der Waals surface area contributed by atoms with Gasteiger partial charge in [-0.05, 0) is 6.42 Å². The number of rotatable bonds is 3. The molecule has 11 heavy (non-hydrogen) atoms. The largest absolute Gasteiger partial charge is 1.00 e. The fourth-order valence-corrected chi connectivity index (χ4v) is 0.533. The molecule has 0 aliphatic heterocycles. The van der Waals surface area contributed by atoms with Gasteiger partial charge < -0.3 is 11.6 Å². The fraction of sp³-hybridized carbons (Fsp3) is 0.833. The third kappa shape index (κ3) is 61.1. The van der Waals surface area contributed by atoms with Crippen LogP contribution in [0.15, 0.2) is 0 Å². The van der Waals surface area contributed by atoms with E-state index >= 15 is 0 Å². The molecule has 0 saturated heterocycles. The Balaban J connectivity index is -0.0000000483. The minimum Gasteiger partial charge on any atom is -1.00 e. The Kier molecular flexibility index (Phi) is 27.0. The van der Waals surface area contributed by atoms with E-state index in [1.165, 1.54) is 19.3 Å². The predicted molar refractivity (Wildman–Crippen MR) is 42.0 cm³/mol. The molecule has 0 atom stereocenters. The van der Waals surface area contributed by atoms with Crippen molar-refractivity contribution < 1.29 is 46.0 Å². The second-order valence-corrected chi connectivity index (χ2v) is 2.06. The van der Waals surface area contributed by atoms with Gasteiger partial charge in [0.2, 0.25) is 0 Å². The number of carboxylic acid groups (broad SMARTS) is 2. The van der Waals surface area contributed by atoms with Gasteiger partial charge in [-0.25, -0.2) is 4.79 Å². The fourth-order valence-electron chi connectivity index (χ4n) is 0.344. The van der Waals surface area contributed by atoms with Gasteiger partial charge in [-0.15, -0.1) is 11.6 Å². The first-order valence-corrected chi connectivity index (χ1v) is 3.66. The van der Waals surface area contributed by atoms with Gasteiger partial charge in [0.15, 0.2) is 0 Å². The molecule has 0 amide bonds. The van der Waals surface area contributed by atoms with E-state index in [1.54, 1.807) is 0 Å². The summed E-state index contributed by atoms with van der Waals surface area (Å²) in [5, 5.41) is 13.9. The number of unbranched alkanes of at least 4 members (excludes halogenated alkanes) is 2. The number of carbonyl (C=O) groups is 1. The van der Waals surface area contributed by atoms with Crippen molar-refractivity contribution in [3.05, 3.63) is 0 Å². The maximum Gasteiger partial charge on any atom is 1.00 e. The summed E-state index contributed by atoms with van der Waals surface area (Å²) in [4.78, 5) is 8.56. The number of hydrogen-bond donors (Lipinski definition) is 2. The number of halogens is 1. The monoisotopic (exact) mass is 192 g/mol. The van der Waals surface area contributed by atoms with Gasteiger partial charge in [0.1, 0.15) is 0 Å². The molecule has 0 bridgehead atoms. The summed E-state index contributed by atoms with van der Waals surface area (Å²) in [6.07, 6.45) is 1.90. The van der Waals surface area contributed by atoms with E-state index < -0.39 is 6.16 Å². The molecule has 5 heteroatoms. The van der Waals surface area contributed by atoms with Crippen LogP contribution in [0.2, 0.25) is 0 Å². The quantitative estimate of drug-likeness (QED) is 0.369. The molecule has 0 aliphatic carbocycles. The van der Waals surface area contributed by atoms with Gasteiger partial charge in [0.25, 0.3) is 0 Å². The van der Waals surface area contributed by atoms with E-state index in [-0.39, 0.29) is 31.0 Å². The molecule has 0 aromatic rings. The van der Waals surface area contributed by atoms with Crippen molar-refractivity contribution in [1.29, 1.82) is 0 Å². The molecule has 0 radical (unpaired) electrons. The Hall–Kier alpha value is 0.560. The van der Waals surface area contributed by atoms with Crippen molar-refractivity contribution in [3.8, 4) is 0 Å². The second-order valence-electron chi connectivity index (χ2n) is 1.68. The van der Waals surface area contributed by atoms with Gasteiger partial charge in [-0.3, -0.25) is 0 Å². The molecule has 0 heterocycles. The Labute approximate surface area is 95.5 Å². The number of alkyl halides is 1. The molecule has 0 aromatic heterocycles. The first kappa shape index (κ1) is 17.6. The van der Waals surface area contributed by atoms with E-state index in [0.29, 0.717) is 0 Å². The van der Waals surface area contributed by atoms with E-state index in [0.717, 1.165) is 5.88 Å². The molecule has 0 fully saturated rings. The summed E-state index contributed by atoms with van der Waals surface area (Å²) in [5.41, 5.74) is 0. The molecule has 0 aliphatic rings. The first-order valence-electron chi connectivity index (χ1n) is 3.13. The van der Waals surface area contributed by atoms with Crippen LogP contribution in [-0.2, 0) is 0 Å². The zero-order valence-corrected chi connectivity index (χ0v) is 9.76. The van der Waals surface area contributed by atoms with Crippen molar-refractivity contribution in [2.45, 2.75) is 26.2 Å². The maximum absolute atomic E-state index is 8.56. The van der Waals surface area contributed by atoms with Crippen LogP contribution in [-0.4, -0.2) is 22.2 Å². The molecule has 3 nitrogen and oxygen atoms in total. The molecule has 64 valence electrons. The normalized spacial score (nSPS) is 7.09. The molecule has 0 rings (SSSR count). The molecule has 2 N–H and O–H groups in total. The average molecular weight is 193 g/mol. The summed E-state index contributed by atoms with van der Waals surface area (Å²) >= 11 is 5.38. The van der Waals surface area contributed by atoms with Gasteiger partial charge in [-0.2, -0.15) is 0 Å². The zero-order chi connectivity index (χ0) is 8.41. The average Bonchev–Trinajstić information content (AvgIpc) is 1.82. The van der Waals surface area contributed by atoms with Crippen LogP contribution in [0.5, 0.6) is 0 Å². The molecule has 0 saturated carbocycles. The summed E-state index contributed by atoms with van der Waals surface area (Å²) in [5.74, 6) is 0.827. The summed E-state index contributed by atoms with van der Waals surface area (Å²) in [6, 6.07) is 0. The third-order valence-corrected chi connectivity index (χ3v) is 1.00. The van der Waals surface area contributed by atoms with Crippen LogP contribution in [0, 0.1) is 0 Å². The SMILES string of the molecule is CCCCCCl.O=C(O)O.[H-].[Na+]. The standard InChI is InChI=1S/C5H11Cl.CH2O3.Na.H/c1-2-3-4-5-6;2-1(3)4;;/h2-5H2,1H3;(H2,2,3,4);;/q;;+1;-1. The zero-order valence-electron chi connectivity index (χ0n) is 8.01. The Morgan fingerprint density at radius 3 is 1.91 bits per heavy atom. The Morgan fingerprint density at radius 1 is 1.45 bits per heavy atom. The molecular formula is C6H14ClNaO3. The molecule has 0 spiro atoms. The van der Waals surface area contributed by atoms with E-state index in [4.69, 9.17) is 26.6 Å². The van der Waals surface area contributed by atoms with Crippen LogP contribution in [0.3, 0.4) is 0 Å². The van der Waals surface area contributed by atoms with Crippen molar-refractivity contribution >= 4 is 17.8 Å².